The first kappa shape index (κ1) is 12.3. The molecule has 0 spiro atoms. The van der Waals surface area contributed by atoms with E-state index in [0.29, 0.717) is 26.3 Å². The van der Waals surface area contributed by atoms with Crippen LogP contribution in [0, 0.1) is 0 Å². The highest BCUT2D eigenvalue weighted by atomic mass is 16.5. The van der Waals surface area contributed by atoms with Crippen LogP contribution in [-0.2, 0) is 12.8 Å². The molecule has 2 aliphatic heterocycles. The number of carbonyl (C=O) groups excluding carboxylic acids is 1. The van der Waals surface area contributed by atoms with Gasteiger partial charge in [-0.25, -0.2) is 0 Å². The van der Waals surface area contributed by atoms with E-state index in [1.807, 2.05) is 24.8 Å². The van der Waals surface area contributed by atoms with Gasteiger partial charge in [-0.3, -0.25) is 4.79 Å². The number of rotatable bonds is 3. The second kappa shape index (κ2) is 4.76. The first-order chi connectivity index (χ1) is 9.26. The summed E-state index contributed by atoms with van der Waals surface area (Å²) in [5.41, 5.74) is 2.87. The molecule has 1 aromatic rings. The van der Waals surface area contributed by atoms with Gasteiger partial charge >= 0.3 is 0 Å². The predicted molar refractivity (Wildman–Crippen MR) is 72.1 cm³/mol. The molecule has 2 aliphatic rings. The fraction of sp³-hybridized carbons (Fsp3) is 0.533. The highest BCUT2D eigenvalue weighted by molar-refractivity contribution is 6.00. The van der Waals surface area contributed by atoms with Crippen molar-refractivity contribution in [2.24, 2.45) is 0 Å². The van der Waals surface area contributed by atoms with E-state index in [0.717, 1.165) is 41.0 Å². The van der Waals surface area contributed by atoms with E-state index in [4.69, 9.17) is 9.47 Å². The molecule has 4 nitrogen and oxygen atoms in total. The molecule has 0 aliphatic carbocycles. The first-order valence-electron chi connectivity index (χ1n) is 6.99. The molecular weight excluding hydrogens is 242 g/mol. The Morgan fingerprint density at radius 1 is 1.21 bits per heavy atom. The minimum atomic E-state index is 0.0745. The van der Waals surface area contributed by atoms with Crippen molar-refractivity contribution in [1.29, 1.82) is 0 Å². The van der Waals surface area contributed by atoms with Crippen molar-refractivity contribution in [3.8, 4) is 11.5 Å². The predicted octanol–water partition coefficient (Wildman–Crippen LogP) is 2.04. The number of benzene rings is 1. The van der Waals surface area contributed by atoms with Crippen LogP contribution in [0.2, 0.25) is 0 Å². The summed E-state index contributed by atoms with van der Waals surface area (Å²) in [4.78, 5) is 14.6. The van der Waals surface area contributed by atoms with E-state index in [1.54, 1.807) is 0 Å². The lowest BCUT2D eigenvalue weighted by atomic mass is 9.98. The van der Waals surface area contributed by atoms with E-state index >= 15 is 0 Å². The fourth-order valence-corrected chi connectivity index (χ4v) is 2.88. The Labute approximate surface area is 113 Å². The van der Waals surface area contributed by atoms with Crippen LogP contribution in [0.1, 0.15) is 35.3 Å². The van der Waals surface area contributed by atoms with Crippen molar-refractivity contribution >= 4 is 5.91 Å². The van der Waals surface area contributed by atoms with Gasteiger partial charge in [-0.15, -0.1) is 0 Å². The number of ether oxygens (including phenoxy) is 2. The van der Waals surface area contributed by atoms with Gasteiger partial charge in [0.2, 0.25) is 0 Å². The zero-order valence-corrected chi connectivity index (χ0v) is 11.5. The van der Waals surface area contributed by atoms with Gasteiger partial charge in [0.1, 0.15) is 11.5 Å². The van der Waals surface area contributed by atoms with Crippen LogP contribution in [0.4, 0.5) is 0 Å². The van der Waals surface area contributed by atoms with E-state index in [2.05, 4.69) is 0 Å². The maximum Gasteiger partial charge on any atom is 0.258 e. The number of fused-ring (bicyclic) bond motifs is 2. The van der Waals surface area contributed by atoms with E-state index < -0.39 is 0 Å². The van der Waals surface area contributed by atoms with Gasteiger partial charge in [-0.05, 0) is 19.9 Å². The monoisotopic (exact) mass is 261 g/mol. The van der Waals surface area contributed by atoms with Crippen LogP contribution in [0.25, 0.3) is 0 Å². The molecule has 0 N–H and O–H groups in total. The summed E-state index contributed by atoms with van der Waals surface area (Å²) < 4.78 is 11.3. The van der Waals surface area contributed by atoms with Crippen LogP contribution < -0.4 is 9.47 Å². The molecule has 2 heterocycles. The van der Waals surface area contributed by atoms with Crippen molar-refractivity contribution < 1.29 is 14.3 Å². The smallest absolute Gasteiger partial charge is 0.258 e. The zero-order valence-electron chi connectivity index (χ0n) is 11.5. The highest BCUT2D eigenvalue weighted by Gasteiger charge is 2.31. The summed E-state index contributed by atoms with van der Waals surface area (Å²) >= 11 is 0. The molecule has 0 aromatic heterocycles. The molecule has 0 atom stereocenters. The molecule has 0 saturated heterocycles. The summed E-state index contributed by atoms with van der Waals surface area (Å²) in [5, 5.41) is 0. The molecule has 0 fully saturated rings. The van der Waals surface area contributed by atoms with Crippen molar-refractivity contribution in [2.75, 3.05) is 26.3 Å². The van der Waals surface area contributed by atoms with Gasteiger partial charge in [0.05, 0.1) is 18.8 Å². The van der Waals surface area contributed by atoms with Crippen LogP contribution in [-0.4, -0.2) is 37.1 Å². The van der Waals surface area contributed by atoms with Gasteiger partial charge in [-0.1, -0.05) is 0 Å². The topological polar surface area (TPSA) is 38.8 Å². The largest absolute Gasteiger partial charge is 0.493 e. The number of hydrogen-bond donors (Lipinski definition) is 0. The lowest BCUT2D eigenvalue weighted by molar-refractivity contribution is 0.0768. The Bertz CT molecular complexity index is 488. The Balaban J connectivity index is 2.12. The van der Waals surface area contributed by atoms with E-state index in [9.17, 15) is 4.79 Å². The molecule has 0 radical (unpaired) electrons. The van der Waals surface area contributed by atoms with E-state index in [-0.39, 0.29) is 5.91 Å². The van der Waals surface area contributed by atoms with Gasteiger partial charge in [-0.2, -0.15) is 0 Å². The summed E-state index contributed by atoms with van der Waals surface area (Å²) in [6.07, 6.45) is 1.67. The minimum Gasteiger partial charge on any atom is -0.493 e. The number of nitrogens with zero attached hydrogens (tertiary/aromatic N) is 1. The molecular formula is C15H19NO3. The van der Waals surface area contributed by atoms with Crippen molar-refractivity contribution in [1.82, 2.24) is 4.90 Å². The molecule has 1 amide bonds. The summed E-state index contributed by atoms with van der Waals surface area (Å²) in [6, 6.07) is 2.05. The highest BCUT2D eigenvalue weighted by Crippen LogP contribution is 2.41. The number of amides is 1. The average Bonchev–Trinajstić information content (AvgIpc) is 3.04. The van der Waals surface area contributed by atoms with Crippen LogP contribution in [0.5, 0.6) is 11.5 Å². The average molecular weight is 261 g/mol. The third-order valence-corrected chi connectivity index (χ3v) is 3.92. The first-order valence-corrected chi connectivity index (χ1v) is 6.99. The van der Waals surface area contributed by atoms with Crippen molar-refractivity contribution in [2.45, 2.75) is 26.7 Å². The van der Waals surface area contributed by atoms with Crippen LogP contribution >= 0.6 is 0 Å². The molecule has 1 aromatic carbocycles. The molecule has 102 valence electrons. The summed E-state index contributed by atoms with van der Waals surface area (Å²) in [6.45, 7) is 6.76. The summed E-state index contributed by atoms with van der Waals surface area (Å²) in [7, 11) is 0. The maximum absolute atomic E-state index is 12.7. The van der Waals surface area contributed by atoms with Crippen molar-refractivity contribution in [3.05, 3.63) is 22.8 Å². The lowest BCUT2D eigenvalue weighted by Gasteiger charge is -2.21. The second-order valence-corrected chi connectivity index (χ2v) is 4.89. The Kier molecular flexibility index (Phi) is 3.09. The minimum absolute atomic E-state index is 0.0745. The Hall–Kier alpha value is -1.71. The third kappa shape index (κ3) is 1.86. The van der Waals surface area contributed by atoms with Crippen LogP contribution in [0.15, 0.2) is 6.07 Å². The van der Waals surface area contributed by atoms with Crippen LogP contribution in [0.3, 0.4) is 0 Å². The Morgan fingerprint density at radius 2 is 1.95 bits per heavy atom. The lowest BCUT2D eigenvalue weighted by Crippen LogP contribution is -2.31. The molecule has 0 saturated carbocycles. The molecule has 3 rings (SSSR count). The van der Waals surface area contributed by atoms with Gasteiger partial charge in [0, 0.05) is 37.1 Å². The van der Waals surface area contributed by atoms with E-state index in [1.165, 1.54) is 0 Å². The quantitative estimate of drug-likeness (QED) is 0.835. The van der Waals surface area contributed by atoms with Crippen molar-refractivity contribution in [3.63, 3.8) is 0 Å². The second-order valence-electron chi connectivity index (χ2n) is 4.89. The zero-order chi connectivity index (χ0) is 13.4. The molecule has 4 heteroatoms. The molecule has 0 unspecified atom stereocenters. The Morgan fingerprint density at radius 3 is 2.68 bits per heavy atom. The standard InChI is InChI=1S/C15H19NO3/c1-3-16(4-2)15(17)13-11-6-8-18-12(11)9-10-5-7-19-14(10)13/h9H,3-8H2,1-2H3. The van der Waals surface area contributed by atoms with Gasteiger partial charge in [0.25, 0.3) is 5.91 Å². The summed E-state index contributed by atoms with van der Waals surface area (Å²) in [5.74, 6) is 1.74. The number of hydrogen-bond acceptors (Lipinski definition) is 3. The van der Waals surface area contributed by atoms with Gasteiger partial charge in [0.15, 0.2) is 0 Å². The fourth-order valence-electron chi connectivity index (χ4n) is 2.88. The SMILES string of the molecule is CCN(CC)C(=O)c1c2c(cc3c1OCC3)OCC2. The molecule has 19 heavy (non-hydrogen) atoms. The normalized spacial score (nSPS) is 15.5. The van der Waals surface area contributed by atoms with Gasteiger partial charge < -0.3 is 14.4 Å². The molecule has 0 bridgehead atoms. The third-order valence-electron chi connectivity index (χ3n) is 3.92. The maximum atomic E-state index is 12.7. The number of carbonyl (C=O) groups is 1.